The minimum Gasteiger partial charge on any atom is -0.490 e. The van der Waals surface area contributed by atoms with E-state index < -0.39 is 6.10 Å². The molecule has 2 aromatic rings. The molecule has 118 valence electrons. The minimum absolute atomic E-state index is 0.264. The van der Waals surface area contributed by atoms with E-state index >= 15 is 0 Å². The van der Waals surface area contributed by atoms with Crippen molar-refractivity contribution >= 4 is 5.69 Å². The molecule has 0 heterocycles. The van der Waals surface area contributed by atoms with Crippen molar-refractivity contribution in [1.82, 2.24) is 0 Å². The average molecular weight is 303 g/mol. The van der Waals surface area contributed by atoms with Gasteiger partial charge in [0, 0.05) is 18.3 Å². The summed E-state index contributed by atoms with van der Waals surface area (Å²) in [5, 5.41) is 21.1. The average Bonchev–Trinajstić information content (AvgIpc) is 2.58. The van der Waals surface area contributed by atoms with Crippen LogP contribution in [0.4, 0.5) is 5.69 Å². The number of ether oxygens (including phenoxy) is 2. The molecule has 0 radical (unpaired) electrons. The standard InChI is InChI=1S/C17H21NO4/c19-13-15(20)12-18-14-5-4-8-17(11-14)22-10-9-21-16-6-2-1-3-7-16/h1-8,11,15,18-20H,9-10,12-13H2. The van der Waals surface area contributed by atoms with Crippen molar-refractivity contribution in [1.29, 1.82) is 0 Å². The quantitative estimate of drug-likeness (QED) is 0.617. The first-order valence-corrected chi connectivity index (χ1v) is 7.21. The molecule has 0 aromatic heterocycles. The van der Waals surface area contributed by atoms with Gasteiger partial charge in [-0.3, -0.25) is 0 Å². The van der Waals surface area contributed by atoms with E-state index in [1.54, 1.807) is 0 Å². The molecule has 0 spiro atoms. The molecule has 1 atom stereocenters. The molecule has 3 N–H and O–H groups in total. The maximum atomic E-state index is 9.31. The summed E-state index contributed by atoms with van der Waals surface area (Å²) in [6, 6.07) is 17.0. The van der Waals surface area contributed by atoms with Crippen molar-refractivity contribution in [2.75, 3.05) is 31.7 Å². The van der Waals surface area contributed by atoms with Crippen molar-refractivity contribution < 1.29 is 19.7 Å². The predicted molar refractivity (Wildman–Crippen MR) is 85.5 cm³/mol. The van der Waals surface area contributed by atoms with Gasteiger partial charge >= 0.3 is 0 Å². The molecule has 5 heteroatoms. The maximum Gasteiger partial charge on any atom is 0.122 e. The van der Waals surface area contributed by atoms with E-state index in [1.165, 1.54) is 0 Å². The maximum absolute atomic E-state index is 9.31. The number of hydrogen-bond donors (Lipinski definition) is 3. The monoisotopic (exact) mass is 303 g/mol. The van der Waals surface area contributed by atoms with E-state index in [0.717, 1.165) is 17.2 Å². The van der Waals surface area contributed by atoms with Gasteiger partial charge in [-0.05, 0) is 24.3 Å². The molecule has 0 saturated carbocycles. The molecule has 0 fully saturated rings. The van der Waals surface area contributed by atoms with E-state index in [0.29, 0.717) is 13.2 Å². The second-order valence-electron chi connectivity index (χ2n) is 4.76. The van der Waals surface area contributed by atoms with Crippen LogP contribution in [0.15, 0.2) is 54.6 Å². The first kappa shape index (κ1) is 16.1. The third-order valence-corrected chi connectivity index (χ3v) is 2.95. The van der Waals surface area contributed by atoms with Crippen molar-refractivity contribution in [2.24, 2.45) is 0 Å². The second-order valence-corrected chi connectivity index (χ2v) is 4.76. The summed E-state index contributed by atoms with van der Waals surface area (Å²) in [6.45, 7) is 0.930. The van der Waals surface area contributed by atoms with E-state index in [-0.39, 0.29) is 13.2 Å². The molecule has 0 aliphatic rings. The number of aliphatic hydroxyl groups excluding tert-OH is 2. The molecule has 0 saturated heterocycles. The Kier molecular flexibility index (Phi) is 6.54. The van der Waals surface area contributed by atoms with Gasteiger partial charge in [0.2, 0.25) is 0 Å². The van der Waals surface area contributed by atoms with Gasteiger partial charge < -0.3 is 25.0 Å². The van der Waals surface area contributed by atoms with Gasteiger partial charge in [0.05, 0.1) is 12.7 Å². The van der Waals surface area contributed by atoms with Gasteiger partial charge in [-0.15, -0.1) is 0 Å². The van der Waals surface area contributed by atoms with Crippen molar-refractivity contribution in [3.05, 3.63) is 54.6 Å². The van der Waals surface area contributed by atoms with Crippen LogP contribution in [0.5, 0.6) is 11.5 Å². The zero-order valence-corrected chi connectivity index (χ0v) is 12.3. The minimum atomic E-state index is -0.774. The Hall–Kier alpha value is -2.24. The highest BCUT2D eigenvalue weighted by Gasteiger charge is 2.02. The van der Waals surface area contributed by atoms with E-state index in [4.69, 9.17) is 14.6 Å². The Morgan fingerprint density at radius 2 is 1.59 bits per heavy atom. The molecule has 0 aliphatic carbocycles. The number of hydrogen-bond acceptors (Lipinski definition) is 5. The van der Waals surface area contributed by atoms with Gasteiger partial charge in [0.15, 0.2) is 0 Å². The summed E-state index contributed by atoms with van der Waals surface area (Å²) in [5.74, 6) is 1.54. The summed E-state index contributed by atoms with van der Waals surface area (Å²) in [6.07, 6.45) is -0.774. The first-order valence-electron chi connectivity index (χ1n) is 7.21. The van der Waals surface area contributed by atoms with Crippen molar-refractivity contribution in [2.45, 2.75) is 6.10 Å². The summed E-state index contributed by atoms with van der Waals surface area (Å²) >= 11 is 0. The van der Waals surface area contributed by atoms with Crippen LogP contribution >= 0.6 is 0 Å². The molecule has 5 nitrogen and oxygen atoms in total. The second kappa shape index (κ2) is 8.92. The lowest BCUT2D eigenvalue weighted by Gasteiger charge is -2.12. The number of para-hydroxylation sites is 1. The lowest BCUT2D eigenvalue weighted by molar-refractivity contribution is 0.105. The van der Waals surface area contributed by atoms with Gasteiger partial charge in [0.1, 0.15) is 24.7 Å². The van der Waals surface area contributed by atoms with Gasteiger partial charge in [-0.25, -0.2) is 0 Å². The molecular formula is C17H21NO4. The third kappa shape index (κ3) is 5.63. The lowest BCUT2D eigenvalue weighted by Crippen LogP contribution is -2.22. The SMILES string of the molecule is OCC(O)CNc1cccc(OCCOc2ccccc2)c1. The first-order chi connectivity index (χ1) is 10.8. The highest BCUT2D eigenvalue weighted by Crippen LogP contribution is 2.17. The fourth-order valence-electron chi connectivity index (χ4n) is 1.83. The third-order valence-electron chi connectivity index (χ3n) is 2.95. The topological polar surface area (TPSA) is 71.0 Å². The van der Waals surface area contributed by atoms with Crippen molar-refractivity contribution in [3.8, 4) is 11.5 Å². The van der Waals surface area contributed by atoms with Gasteiger partial charge in [-0.2, -0.15) is 0 Å². The van der Waals surface area contributed by atoms with Gasteiger partial charge in [-0.1, -0.05) is 24.3 Å². The Bertz CT molecular complexity index is 547. The number of anilines is 1. The summed E-state index contributed by atoms with van der Waals surface area (Å²) in [7, 11) is 0. The van der Waals surface area contributed by atoms with Crippen LogP contribution in [-0.4, -0.2) is 42.7 Å². The molecule has 0 bridgehead atoms. The van der Waals surface area contributed by atoms with Crippen molar-refractivity contribution in [3.63, 3.8) is 0 Å². The number of aliphatic hydroxyl groups is 2. The predicted octanol–water partition coefficient (Wildman–Crippen LogP) is 1.91. The van der Waals surface area contributed by atoms with Crippen LogP contribution in [-0.2, 0) is 0 Å². The number of nitrogens with one attached hydrogen (secondary N) is 1. The summed E-state index contributed by atoms with van der Waals surface area (Å²) in [5.41, 5.74) is 0.828. The Morgan fingerprint density at radius 1 is 0.909 bits per heavy atom. The zero-order valence-electron chi connectivity index (χ0n) is 12.3. The summed E-state index contributed by atoms with van der Waals surface area (Å²) in [4.78, 5) is 0. The molecule has 0 aliphatic heterocycles. The Labute approximate surface area is 130 Å². The van der Waals surface area contributed by atoms with Crippen LogP contribution in [0.3, 0.4) is 0 Å². The van der Waals surface area contributed by atoms with Crippen LogP contribution in [0.1, 0.15) is 0 Å². The molecule has 2 rings (SSSR count). The Balaban J connectivity index is 1.73. The zero-order chi connectivity index (χ0) is 15.6. The molecule has 2 aromatic carbocycles. The normalized spacial score (nSPS) is 11.7. The molecular weight excluding hydrogens is 282 g/mol. The van der Waals surface area contributed by atoms with E-state index in [9.17, 15) is 5.11 Å². The molecule has 22 heavy (non-hydrogen) atoms. The van der Waals surface area contributed by atoms with E-state index in [2.05, 4.69) is 5.32 Å². The summed E-state index contributed by atoms with van der Waals surface area (Å²) < 4.78 is 11.2. The van der Waals surface area contributed by atoms with Crippen LogP contribution in [0, 0.1) is 0 Å². The number of rotatable bonds is 9. The van der Waals surface area contributed by atoms with Crippen LogP contribution in [0.2, 0.25) is 0 Å². The van der Waals surface area contributed by atoms with E-state index in [1.807, 2.05) is 54.6 Å². The fourth-order valence-corrected chi connectivity index (χ4v) is 1.83. The largest absolute Gasteiger partial charge is 0.490 e. The van der Waals surface area contributed by atoms with Crippen LogP contribution in [0.25, 0.3) is 0 Å². The van der Waals surface area contributed by atoms with Gasteiger partial charge in [0.25, 0.3) is 0 Å². The highest BCUT2D eigenvalue weighted by atomic mass is 16.5. The van der Waals surface area contributed by atoms with Crippen LogP contribution < -0.4 is 14.8 Å². The lowest BCUT2D eigenvalue weighted by atomic mass is 10.3. The Morgan fingerprint density at radius 3 is 2.32 bits per heavy atom. The fraction of sp³-hybridized carbons (Fsp3) is 0.294. The molecule has 0 amide bonds. The highest BCUT2D eigenvalue weighted by molar-refractivity contribution is 5.48. The number of benzene rings is 2. The molecule has 1 unspecified atom stereocenters. The smallest absolute Gasteiger partial charge is 0.122 e.